The van der Waals surface area contributed by atoms with Crippen LogP contribution in [-0.4, -0.2) is 26.0 Å². The third-order valence-corrected chi connectivity index (χ3v) is 1.99. The highest BCUT2D eigenvalue weighted by Gasteiger charge is 2.09. The summed E-state index contributed by atoms with van der Waals surface area (Å²) in [7, 11) is 1.37. The van der Waals surface area contributed by atoms with Crippen LogP contribution in [0.15, 0.2) is 18.2 Å². The Kier molecular flexibility index (Phi) is 4.49. The molecule has 0 heterocycles. The maximum absolute atomic E-state index is 13.3. The molecule has 0 radical (unpaired) electrons. The summed E-state index contributed by atoms with van der Waals surface area (Å²) in [6.45, 7) is 0.403. The van der Waals surface area contributed by atoms with Gasteiger partial charge in [-0.15, -0.1) is 6.42 Å². The second-order valence-corrected chi connectivity index (χ2v) is 3.08. The number of methoxy groups -OCH3 is 1. The van der Waals surface area contributed by atoms with Crippen molar-refractivity contribution >= 4 is 5.78 Å². The second-order valence-electron chi connectivity index (χ2n) is 3.08. The first kappa shape index (κ1) is 12.2. The number of carbonyl (C=O) groups excluding carboxylic acids is 1. The fourth-order valence-electron chi connectivity index (χ4n) is 1.19. The highest BCUT2D eigenvalue weighted by atomic mass is 19.1. The Hall–Kier alpha value is -1.86. The summed E-state index contributed by atoms with van der Waals surface area (Å²) in [5, 5.41) is 2.74. The fourth-order valence-corrected chi connectivity index (χ4v) is 1.19. The number of benzene rings is 1. The predicted molar refractivity (Wildman–Crippen MR) is 59.0 cm³/mol. The summed E-state index contributed by atoms with van der Waals surface area (Å²) in [6, 6.07) is 4.09. The number of Topliss-reactive ketones (excluding diaryl/α,β-unsaturated/α-hetero) is 1. The Morgan fingerprint density at radius 2 is 2.38 bits per heavy atom. The third-order valence-electron chi connectivity index (χ3n) is 1.99. The molecule has 1 aromatic carbocycles. The van der Waals surface area contributed by atoms with Crippen LogP contribution in [0.1, 0.15) is 10.4 Å². The Bertz CT molecular complexity index is 424. The fraction of sp³-hybridized carbons (Fsp3) is 0.250. The summed E-state index contributed by atoms with van der Waals surface area (Å²) < 4.78 is 18.0. The van der Waals surface area contributed by atoms with E-state index in [0.29, 0.717) is 12.1 Å². The van der Waals surface area contributed by atoms with Crippen molar-refractivity contribution < 1.29 is 13.9 Å². The summed E-state index contributed by atoms with van der Waals surface area (Å²) in [6.07, 6.45) is 5.02. The average Bonchev–Trinajstić information content (AvgIpc) is 2.29. The first-order chi connectivity index (χ1) is 7.69. The van der Waals surface area contributed by atoms with Crippen LogP contribution in [-0.2, 0) is 0 Å². The van der Waals surface area contributed by atoms with Gasteiger partial charge in [-0.1, -0.05) is 5.92 Å². The number of hydrogen-bond donors (Lipinski definition) is 1. The van der Waals surface area contributed by atoms with E-state index in [4.69, 9.17) is 11.2 Å². The summed E-state index contributed by atoms with van der Waals surface area (Å²) in [5.41, 5.74) is 0.294. The zero-order valence-corrected chi connectivity index (χ0v) is 8.92. The molecule has 0 saturated heterocycles. The highest BCUT2D eigenvalue weighted by molar-refractivity contribution is 5.97. The van der Waals surface area contributed by atoms with Crippen molar-refractivity contribution in [1.29, 1.82) is 0 Å². The maximum Gasteiger partial charge on any atom is 0.176 e. The van der Waals surface area contributed by atoms with Crippen LogP contribution in [0.5, 0.6) is 5.75 Å². The Morgan fingerprint density at radius 3 is 2.94 bits per heavy atom. The lowest BCUT2D eigenvalue weighted by Crippen LogP contribution is -2.23. The average molecular weight is 221 g/mol. The molecule has 1 rings (SSSR count). The molecule has 0 unspecified atom stereocenters. The number of rotatable bonds is 5. The molecule has 0 fully saturated rings. The van der Waals surface area contributed by atoms with Crippen molar-refractivity contribution in [2.24, 2.45) is 0 Å². The smallest absolute Gasteiger partial charge is 0.176 e. The summed E-state index contributed by atoms with van der Waals surface area (Å²) in [4.78, 5) is 11.5. The molecule has 3 nitrogen and oxygen atoms in total. The maximum atomic E-state index is 13.3. The van der Waals surface area contributed by atoms with Gasteiger partial charge in [0.1, 0.15) is 0 Å². The van der Waals surface area contributed by atoms with E-state index in [-0.39, 0.29) is 18.1 Å². The molecule has 84 valence electrons. The van der Waals surface area contributed by atoms with E-state index in [1.807, 2.05) is 0 Å². The molecular formula is C12H12FNO2. The molecule has 0 spiro atoms. The zero-order valence-electron chi connectivity index (χ0n) is 8.92. The van der Waals surface area contributed by atoms with Crippen LogP contribution in [0.4, 0.5) is 4.39 Å². The van der Waals surface area contributed by atoms with E-state index >= 15 is 0 Å². The van der Waals surface area contributed by atoms with E-state index in [1.54, 1.807) is 0 Å². The predicted octanol–water partition coefficient (Wildman–Crippen LogP) is 1.24. The molecule has 0 aliphatic heterocycles. The molecule has 0 atom stereocenters. The minimum Gasteiger partial charge on any atom is -0.494 e. The van der Waals surface area contributed by atoms with E-state index in [0.717, 1.165) is 6.07 Å². The SMILES string of the molecule is C#CCNCC(=O)c1ccc(OC)c(F)c1. The monoisotopic (exact) mass is 221 g/mol. The quantitative estimate of drug-likeness (QED) is 0.462. The number of ether oxygens (including phenoxy) is 1. The van der Waals surface area contributed by atoms with Crippen molar-refractivity contribution in [2.75, 3.05) is 20.2 Å². The first-order valence-corrected chi connectivity index (χ1v) is 4.70. The third kappa shape index (κ3) is 3.07. The summed E-state index contributed by atoms with van der Waals surface area (Å²) in [5.74, 6) is 1.70. The first-order valence-electron chi connectivity index (χ1n) is 4.70. The Balaban J connectivity index is 2.70. The van der Waals surface area contributed by atoms with Crippen LogP contribution >= 0.6 is 0 Å². The van der Waals surface area contributed by atoms with Gasteiger partial charge in [-0.3, -0.25) is 10.1 Å². The number of carbonyl (C=O) groups is 1. The second kappa shape index (κ2) is 5.89. The zero-order chi connectivity index (χ0) is 12.0. The van der Waals surface area contributed by atoms with Crippen molar-refractivity contribution in [1.82, 2.24) is 5.32 Å². The van der Waals surface area contributed by atoms with Gasteiger partial charge < -0.3 is 4.74 Å². The molecule has 0 aliphatic rings. The van der Waals surface area contributed by atoms with Gasteiger partial charge in [-0.25, -0.2) is 4.39 Å². The Labute approximate surface area is 93.6 Å². The molecule has 0 saturated carbocycles. The summed E-state index contributed by atoms with van der Waals surface area (Å²) >= 11 is 0. The highest BCUT2D eigenvalue weighted by Crippen LogP contribution is 2.17. The van der Waals surface area contributed by atoms with E-state index in [2.05, 4.69) is 11.2 Å². The van der Waals surface area contributed by atoms with Crippen LogP contribution in [0, 0.1) is 18.2 Å². The minimum atomic E-state index is -0.551. The molecule has 4 heteroatoms. The largest absolute Gasteiger partial charge is 0.494 e. The van der Waals surface area contributed by atoms with Crippen LogP contribution in [0.25, 0.3) is 0 Å². The molecule has 0 amide bonds. The van der Waals surface area contributed by atoms with Crippen molar-refractivity contribution in [3.8, 4) is 18.1 Å². The topological polar surface area (TPSA) is 38.3 Å². The van der Waals surface area contributed by atoms with E-state index in [1.165, 1.54) is 19.2 Å². The standard InChI is InChI=1S/C12H12FNO2/c1-3-6-14-8-11(15)9-4-5-12(16-2)10(13)7-9/h1,4-5,7,14H,6,8H2,2H3. The van der Waals surface area contributed by atoms with Gasteiger partial charge >= 0.3 is 0 Å². The van der Waals surface area contributed by atoms with Gasteiger partial charge in [0.2, 0.25) is 0 Å². The lowest BCUT2D eigenvalue weighted by Gasteiger charge is -2.04. The van der Waals surface area contributed by atoms with Crippen molar-refractivity contribution in [2.45, 2.75) is 0 Å². The van der Waals surface area contributed by atoms with Crippen LogP contribution in [0.2, 0.25) is 0 Å². The number of halogens is 1. The van der Waals surface area contributed by atoms with Gasteiger partial charge in [0.15, 0.2) is 17.3 Å². The van der Waals surface area contributed by atoms with Gasteiger partial charge in [0.25, 0.3) is 0 Å². The number of terminal acetylenes is 1. The van der Waals surface area contributed by atoms with E-state index in [9.17, 15) is 9.18 Å². The minimum absolute atomic E-state index is 0.0932. The number of hydrogen-bond acceptors (Lipinski definition) is 3. The lowest BCUT2D eigenvalue weighted by molar-refractivity contribution is 0.0992. The molecule has 1 aromatic rings. The number of nitrogens with one attached hydrogen (secondary N) is 1. The van der Waals surface area contributed by atoms with Crippen LogP contribution < -0.4 is 10.1 Å². The van der Waals surface area contributed by atoms with Crippen molar-refractivity contribution in [3.63, 3.8) is 0 Å². The Morgan fingerprint density at radius 1 is 1.62 bits per heavy atom. The van der Waals surface area contributed by atoms with Gasteiger partial charge in [-0.2, -0.15) is 0 Å². The molecule has 1 N–H and O–H groups in total. The normalized spacial score (nSPS) is 9.56. The molecular weight excluding hydrogens is 209 g/mol. The van der Waals surface area contributed by atoms with Crippen molar-refractivity contribution in [3.05, 3.63) is 29.6 Å². The molecule has 16 heavy (non-hydrogen) atoms. The van der Waals surface area contributed by atoms with E-state index < -0.39 is 5.82 Å². The van der Waals surface area contributed by atoms with Gasteiger partial charge in [0, 0.05) is 5.56 Å². The van der Waals surface area contributed by atoms with Crippen LogP contribution in [0.3, 0.4) is 0 Å². The molecule has 0 aliphatic carbocycles. The van der Waals surface area contributed by atoms with Gasteiger partial charge in [-0.05, 0) is 18.2 Å². The number of ketones is 1. The van der Waals surface area contributed by atoms with Gasteiger partial charge in [0.05, 0.1) is 20.2 Å². The molecule has 0 aromatic heterocycles. The lowest BCUT2D eigenvalue weighted by atomic mass is 10.1. The molecule has 0 bridgehead atoms.